The van der Waals surface area contributed by atoms with Crippen molar-refractivity contribution in [3.05, 3.63) is 87.8 Å². The van der Waals surface area contributed by atoms with Gasteiger partial charge in [-0.2, -0.15) is 0 Å². The van der Waals surface area contributed by atoms with Crippen LogP contribution >= 0.6 is 40.0 Å². The number of hydrogen-bond donors (Lipinski definition) is 0. The lowest BCUT2D eigenvalue weighted by atomic mass is 10.3. The lowest BCUT2D eigenvalue weighted by molar-refractivity contribution is 0.629. The fraction of sp³-hybridized carbons (Fsp3) is 0. The summed E-state index contributed by atoms with van der Waals surface area (Å²) in [6.07, 6.45) is 0. The quantitative estimate of drug-likeness (QED) is 0.482. The maximum Gasteiger partial charge on any atom is 0.153 e. The highest BCUT2D eigenvalue weighted by Gasteiger charge is 2.21. The Labute approximate surface area is 148 Å². The van der Waals surface area contributed by atoms with Crippen LogP contribution in [0.25, 0.3) is 0 Å². The van der Waals surface area contributed by atoms with Gasteiger partial charge in [-0.05, 0) is 36.4 Å². The number of hydrogen-bond acceptors (Lipinski definition) is 1. The van der Waals surface area contributed by atoms with E-state index in [9.17, 15) is 0 Å². The zero-order valence-electron chi connectivity index (χ0n) is 11.6. The van der Waals surface area contributed by atoms with Crippen molar-refractivity contribution in [2.45, 2.75) is 0 Å². The average molecular weight is 436 g/mol. The molecule has 0 aliphatic carbocycles. The minimum Gasteiger partial charge on any atom is -0.464 e. The first-order valence-corrected chi connectivity index (χ1v) is 9.62. The summed E-state index contributed by atoms with van der Waals surface area (Å²) in [5.74, 6) is 0.875. The van der Waals surface area contributed by atoms with Gasteiger partial charge in [-0.15, -0.1) is 0 Å². The van der Waals surface area contributed by atoms with Crippen molar-refractivity contribution in [1.82, 2.24) is 0 Å². The predicted molar refractivity (Wildman–Crippen MR) is 102 cm³/mol. The van der Waals surface area contributed by atoms with E-state index in [0.29, 0.717) is 0 Å². The minimum atomic E-state index is -0.963. The molecule has 22 heavy (non-hydrogen) atoms. The second-order valence-corrected chi connectivity index (χ2v) is 8.05. The van der Waals surface area contributed by atoms with Gasteiger partial charge in [0.25, 0.3) is 0 Å². The fourth-order valence-corrected chi connectivity index (χ4v) is 5.35. The van der Waals surface area contributed by atoms with Gasteiger partial charge in [0.05, 0.1) is 0 Å². The van der Waals surface area contributed by atoms with Crippen molar-refractivity contribution in [3.63, 3.8) is 0 Å². The molecule has 0 heterocycles. The van der Waals surface area contributed by atoms with E-state index < -0.39 is 8.15 Å². The maximum absolute atomic E-state index is 6.35. The van der Waals surface area contributed by atoms with Crippen LogP contribution in [0.3, 0.4) is 0 Å². The summed E-state index contributed by atoms with van der Waals surface area (Å²) in [4.78, 5) is 0. The van der Waals surface area contributed by atoms with E-state index in [1.165, 1.54) is 0 Å². The molecule has 0 aliphatic rings. The molecular weight excluding hydrogens is 423 g/mol. The van der Waals surface area contributed by atoms with Gasteiger partial charge in [-0.3, -0.25) is 0 Å². The number of para-hydroxylation sites is 1. The Morgan fingerprint density at radius 1 is 0.591 bits per heavy atom. The van der Waals surface area contributed by atoms with Crippen LogP contribution in [0.1, 0.15) is 0 Å². The molecule has 0 radical (unpaired) electrons. The van der Waals surface area contributed by atoms with Crippen molar-refractivity contribution in [3.8, 4) is 5.75 Å². The monoisotopic (exact) mass is 434 g/mol. The Hall–Kier alpha value is -1.15. The van der Waals surface area contributed by atoms with E-state index >= 15 is 0 Å². The molecule has 0 fully saturated rings. The van der Waals surface area contributed by atoms with Gasteiger partial charge in [-0.25, -0.2) is 0 Å². The van der Waals surface area contributed by atoms with E-state index in [2.05, 4.69) is 56.1 Å². The third-order valence-electron chi connectivity index (χ3n) is 3.08. The Balaban J connectivity index is 2.07. The molecule has 3 aromatic rings. The number of benzene rings is 3. The average Bonchev–Trinajstić information content (AvgIpc) is 2.55. The third-order valence-corrected chi connectivity index (χ3v) is 7.13. The van der Waals surface area contributed by atoms with Gasteiger partial charge >= 0.3 is 0 Å². The molecule has 0 bridgehead atoms. The normalized spacial score (nSPS) is 10.7. The van der Waals surface area contributed by atoms with Crippen LogP contribution in [0.15, 0.2) is 87.8 Å². The van der Waals surface area contributed by atoms with Crippen LogP contribution in [0.2, 0.25) is 0 Å². The molecule has 0 saturated carbocycles. The lowest BCUT2D eigenvalue weighted by Crippen LogP contribution is -2.17. The molecular formula is C18H13Br2OP. The summed E-state index contributed by atoms with van der Waals surface area (Å²) in [6.45, 7) is 0. The van der Waals surface area contributed by atoms with Crippen molar-refractivity contribution >= 4 is 50.6 Å². The Morgan fingerprint density at radius 2 is 1.05 bits per heavy atom. The molecule has 0 N–H and O–H groups in total. The first kappa shape index (κ1) is 15.7. The molecule has 3 aromatic carbocycles. The van der Waals surface area contributed by atoms with E-state index in [1.807, 2.05) is 54.6 Å². The van der Waals surface area contributed by atoms with Crippen molar-refractivity contribution < 1.29 is 4.52 Å². The van der Waals surface area contributed by atoms with E-state index in [1.54, 1.807) is 0 Å². The van der Waals surface area contributed by atoms with Crippen LogP contribution in [-0.2, 0) is 0 Å². The zero-order valence-corrected chi connectivity index (χ0v) is 15.7. The molecule has 0 atom stereocenters. The van der Waals surface area contributed by atoms with E-state index in [0.717, 1.165) is 25.3 Å². The molecule has 0 aliphatic heterocycles. The molecule has 110 valence electrons. The highest BCUT2D eigenvalue weighted by molar-refractivity contribution is 9.11. The van der Waals surface area contributed by atoms with Crippen LogP contribution < -0.4 is 15.1 Å². The summed E-state index contributed by atoms with van der Waals surface area (Å²) in [5.41, 5.74) is 0. The fourth-order valence-electron chi connectivity index (χ4n) is 2.05. The highest BCUT2D eigenvalue weighted by atomic mass is 79.9. The molecule has 0 amide bonds. The summed E-state index contributed by atoms with van der Waals surface area (Å²) in [7, 11) is -0.963. The lowest BCUT2D eigenvalue weighted by Gasteiger charge is -2.21. The van der Waals surface area contributed by atoms with Crippen LogP contribution in [-0.4, -0.2) is 0 Å². The largest absolute Gasteiger partial charge is 0.464 e. The summed E-state index contributed by atoms with van der Waals surface area (Å²) >= 11 is 7.31. The van der Waals surface area contributed by atoms with Crippen molar-refractivity contribution in [1.29, 1.82) is 0 Å². The molecule has 0 unspecified atom stereocenters. The van der Waals surface area contributed by atoms with Gasteiger partial charge in [0.1, 0.15) is 5.75 Å². The van der Waals surface area contributed by atoms with Crippen LogP contribution in [0.5, 0.6) is 5.75 Å². The Kier molecular flexibility index (Phi) is 5.30. The predicted octanol–water partition coefficient (Wildman–Crippen LogP) is 5.64. The van der Waals surface area contributed by atoms with Gasteiger partial charge in [-0.1, -0.05) is 74.3 Å². The van der Waals surface area contributed by atoms with E-state index in [-0.39, 0.29) is 0 Å². The smallest absolute Gasteiger partial charge is 0.153 e. The Bertz CT molecular complexity index is 716. The van der Waals surface area contributed by atoms with Crippen LogP contribution in [0, 0.1) is 0 Å². The molecule has 0 saturated heterocycles. The summed E-state index contributed by atoms with van der Waals surface area (Å²) < 4.78 is 8.48. The standard InChI is InChI=1S/C18H13Br2OP/c19-15-10-4-6-12-17(15)22(18-13-7-5-11-16(18)20)21-14-8-2-1-3-9-14/h1-13H. The number of halogens is 2. The SMILES string of the molecule is Brc1ccccc1P(Oc1ccccc1)c1ccccc1Br. The second-order valence-electron chi connectivity index (χ2n) is 4.60. The maximum atomic E-state index is 6.35. The van der Waals surface area contributed by atoms with Crippen LogP contribution in [0.4, 0.5) is 0 Å². The highest BCUT2D eigenvalue weighted by Crippen LogP contribution is 2.40. The minimum absolute atomic E-state index is 0.875. The topological polar surface area (TPSA) is 9.23 Å². The molecule has 3 rings (SSSR count). The molecule has 4 heteroatoms. The van der Waals surface area contributed by atoms with Gasteiger partial charge in [0, 0.05) is 19.6 Å². The van der Waals surface area contributed by atoms with Gasteiger partial charge in [0.15, 0.2) is 8.15 Å². The first-order valence-electron chi connectivity index (χ1n) is 6.78. The molecule has 0 aromatic heterocycles. The third kappa shape index (κ3) is 3.60. The zero-order chi connectivity index (χ0) is 15.4. The molecule has 0 spiro atoms. The van der Waals surface area contributed by atoms with Gasteiger partial charge < -0.3 is 4.52 Å². The van der Waals surface area contributed by atoms with Gasteiger partial charge in [0.2, 0.25) is 0 Å². The van der Waals surface area contributed by atoms with Crippen molar-refractivity contribution in [2.75, 3.05) is 0 Å². The summed E-state index contributed by atoms with van der Waals surface area (Å²) in [6, 6.07) is 26.4. The van der Waals surface area contributed by atoms with Crippen molar-refractivity contribution in [2.24, 2.45) is 0 Å². The Morgan fingerprint density at radius 3 is 1.55 bits per heavy atom. The first-order chi connectivity index (χ1) is 10.8. The van der Waals surface area contributed by atoms with E-state index in [4.69, 9.17) is 4.52 Å². The summed E-state index contributed by atoms with van der Waals surface area (Å²) in [5, 5.41) is 2.32. The second kappa shape index (κ2) is 7.41. The molecule has 1 nitrogen and oxygen atoms in total. The number of rotatable bonds is 4.